The van der Waals surface area contributed by atoms with Crippen LogP contribution < -0.4 is 20.1 Å². The number of non-ortho nitro benzene ring substituents is 1. The van der Waals surface area contributed by atoms with E-state index in [1.807, 2.05) is 0 Å². The largest absolute Gasteiger partial charge is 0.497 e. The number of nitrogens with one attached hydrogen (secondary N) is 2. The van der Waals surface area contributed by atoms with Crippen LogP contribution in [-0.2, 0) is 9.47 Å². The normalized spacial score (nSPS) is 21.7. The second-order valence-corrected chi connectivity index (χ2v) is 7.53. The van der Waals surface area contributed by atoms with Crippen molar-refractivity contribution in [1.29, 1.82) is 5.26 Å². The van der Waals surface area contributed by atoms with E-state index in [0.29, 0.717) is 11.4 Å². The zero-order valence-corrected chi connectivity index (χ0v) is 19.0. The summed E-state index contributed by atoms with van der Waals surface area (Å²) in [5, 5.41) is 37.4. The maximum Gasteiger partial charge on any atom is 0.270 e. The van der Waals surface area contributed by atoms with Crippen molar-refractivity contribution >= 4 is 17.3 Å². The van der Waals surface area contributed by atoms with Crippen LogP contribution in [0.25, 0.3) is 0 Å². The predicted molar refractivity (Wildman–Crippen MR) is 121 cm³/mol. The van der Waals surface area contributed by atoms with Gasteiger partial charge in [-0.2, -0.15) is 5.26 Å². The Morgan fingerprint density at radius 2 is 1.94 bits per heavy atom. The van der Waals surface area contributed by atoms with Gasteiger partial charge in [0.25, 0.3) is 5.69 Å². The molecule has 0 saturated heterocycles. The van der Waals surface area contributed by atoms with E-state index in [1.165, 1.54) is 32.4 Å². The number of aliphatic hydroxyl groups is 1. The Kier molecular flexibility index (Phi) is 7.52. The summed E-state index contributed by atoms with van der Waals surface area (Å²) in [5.41, 5.74) is -0.790. The second-order valence-electron chi connectivity index (χ2n) is 7.53. The first-order valence-corrected chi connectivity index (χ1v) is 10.1. The number of hydrogen-bond donors (Lipinski definition) is 3. The van der Waals surface area contributed by atoms with E-state index in [1.54, 1.807) is 44.5 Å². The number of nitro groups is 1. The van der Waals surface area contributed by atoms with Gasteiger partial charge < -0.3 is 29.4 Å². The summed E-state index contributed by atoms with van der Waals surface area (Å²) in [5.74, 6) is 0.899. The summed E-state index contributed by atoms with van der Waals surface area (Å²) in [4.78, 5) is 15.3. The molecule has 0 spiro atoms. The molecule has 0 aliphatic carbocycles. The van der Waals surface area contributed by atoms with Crippen LogP contribution >= 0.6 is 0 Å². The molecule has 0 bridgehead atoms. The van der Waals surface area contributed by atoms with E-state index in [0.717, 1.165) is 0 Å². The molecule has 0 radical (unpaired) electrons. The molecule has 0 amide bonds. The lowest BCUT2D eigenvalue weighted by molar-refractivity contribution is -0.385. The minimum absolute atomic E-state index is 0.00445. The van der Waals surface area contributed by atoms with Gasteiger partial charge in [0, 0.05) is 37.6 Å². The van der Waals surface area contributed by atoms with Crippen LogP contribution in [0.4, 0.5) is 11.4 Å². The number of guanidine groups is 1. The average Bonchev–Trinajstić information content (AvgIpc) is 2.83. The highest BCUT2D eigenvalue weighted by Gasteiger charge is 2.52. The molecular formula is C22H25N5O7. The number of benzene rings is 2. The fourth-order valence-corrected chi connectivity index (χ4v) is 3.75. The predicted octanol–water partition coefficient (Wildman–Crippen LogP) is 2.31. The van der Waals surface area contributed by atoms with E-state index < -0.39 is 29.0 Å². The number of rotatable bonds is 7. The van der Waals surface area contributed by atoms with Crippen LogP contribution in [0.3, 0.4) is 0 Å². The summed E-state index contributed by atoms with van der Waals surface area (Å²) in [6.07, 6.45) is -0.574. The van der Waals surface area contributed by atoms with Crippen molar-refractivity contribution in [3.8, 4) is 17.7 Å². The van der Waals surface area contributed by atoms with Gasteiger partial charge in [-0.15, -0.1) is 0 Å². The van der Waals surface area contributed by atoms with Gasteiger partial charge in [-0.05, 0) is 37.3 Å². The van der Waals surface area contributed by atoms with Crippen LogP contribution in [0.5, 0.6) is 11.5 Å². The molecule has 180 valence electrons. The summed E-state index contributed by atoms with van der Waals surface area (Å²) < 4.78 is 21.9. The third-order valence-electron chi connectivity index (χ3n) is 5.43. The molecule has 2 aromatic carbocycles. The molecule has 0 saturated carbocycles. The number of methoxy groups -OCH3 is 3. The summed E-state index contributed by atoms with van der Waals surface area (Å²) in [7, 11) is 4.33. The quantitative estimate of drug-likeness (QED) is 0.104. The van der Waals surface area contributed by atoms with Crippen LogP contribution in [0.1, 0.15) is 18.5 Å². The number of nitrogens with zero attached hydrogens (tertiary/aromatic N) is 3. The Morgan fingerprint density at radius 3 is 2.50 bits per heavy atom. The van der Waals surface area contributed by atoms with Crippen molar-refractivity contribution in [3.05, 3.63) is 58.1 Å². The van der Waals surface area contributed by atoms with Crippen molar-refractivity contribution in [2.75, 3.05) is 26.6 Å². The maximum atomic E-state index is 11.4. The number of anilines is 1. The van der Waals surface area contributed by atoms with E-state index in [-0.39, 0.29) is 23.0 Å². The van der Waals surface area contributed by atoms with Crippen LogP contribution in [-0.4, -0.2) is 55.3 Å². The van der Waals surface area contributed by atoms with Gasteiger partial charge in [-0.1, -0.05) is 0 Å². The fourth-order valence-electron chi connectivity index (χ4n) is 3.75. The summed E-state index contributed by atoms with van der Waals surface area (Å²) in [6.45, 7) is 1.58. The highest BCUT2D eigenvalue weighted by Crippen LogP contribution is 2.45. The number of fused-ring (bicyclic) bond motifs is 1. The topological polar surface area (TPSA) is 160 Å². The van der Waals surface area contributed by atoms with Crippen LogP contribution in [0, 0.1) is 21.6 Å². The minimum atomic E-state index is -1.43. The molecule has 3 atom stereocenters. The Bertz CT molecular complexity index is 1100. The lowest BCUT2D eigenvalue weighted by Crippen LogP contribution is -2.59. The van der Waals surface area contributed by atoms with Crippen molar-refractivity contribution in [3.63, 3.8) is 0 Å². The molecule has 12 nitrogen and oxygen atoms in total. The van der Waals surface area contributed by atoms with E-state index in [9.17, 15) is 20.5 Å². The van der Waals surface area contributed by atoms with Crippen molar-refractivity contribution < 1.29 is 29.0 Å². The van der Waals surface area contributed by atoms with Gasteiger partial charge in [0.2, 0.25) is 5.96 Å². The summed E-state index contributed by atoms with van der Waals surface area (Å²) >= 11 is 0. The van der Waals surface area contributed by atoms with Crippen LogP contribution in [0.2, 0.25) is 0 Å². The van der Waals surface area contributed by atoms with E-state index in [4.69, 9.17) is 18.9 Å². The molecule has 1 aliphatic heterocycles. The lowest BCUT2D eigenvalue weighted by atomic mass is 9.84. The van der Waals surface area contributed by atoms with Gasteiger partial charge in [0.05, 0.1) is 12.0 Å². The van der Waals surface area contributed by atoms with Gasteiger partial charge in [-0.25, -0.2) is 4.99 Å². The number of hydrogen-bond acceptors (Lipinski definition) is 9. The monoisotopic (exact) mass is 471 g/mol. The first-order chi connectivity index (χ1) is 16.3. The third kappa shape index (κ3) is 4.86. The zero-order valence-electron chi connectivity index (χ0n) is 19.0. The number of nitro benzene ring substituents is 1. The molecule has 0 aromatic heterocycles. The fraction of sp³-hybridized carbons (Fsp3) is 0.364. The van der Waals surface area contributed by atoms with Crippen LogP contribution in [0.15, 0.2) is 47.5 Å². The first-order valence-electron chi connectivity index (χ1n) is 10.1. The third-order valence-corrected chi connectivity index (χ3v) is 5.43. The van der Waals surface area contributed by atoms with Gasteiger partial charge >= 0.3 is 0 Å². The Morgan fingerprint density at radius 1 is 1.26 bits per heavy atom. The van der Waals surface area contributed by atoms with Gasteiger partial charge in [0.1, 0.15) is 23.6 Å². The van der Waals surface area contributed by atoms with Crippen molar-refractivity contribution in [1.82, 2.24) is 5.32 Å². The number of aliphatic imine (C=N–C) groups is 1. The number of ether oxygens (including phenoxy) is 4. The number of aliphatic hydroxyl groups excluding tert-OH is 1. The molecule has 12 heteroatoms. The standard InChI is InChI=1S/C22H25N5O7/c1-22(20(32-3)33-4)19(28)18(16-11-14(27(29)30)7-10-17(16)34-22)26-21(24-12-23)25-13-5-8-15(31-2)9-6-13/h5-11,18-20,28H,1-4H3,(H2,24,25,26)/t18-,19+,22-/m0/s1. The zero-order chi connectivity index (χ0) is 24.9. The van der Waals surface area contributed by atoms with Crippen molar-refractivity contribution in [2.24, 2.45) is 4.99 Å². The Balaban J connectivity index is 2.10. The lowest BCUT2D eigenvalue weighted by Gasteiger charge is -2.45. The Labute approximate surface area is 195 Å². The minimum Gasteiger partial charge on any atom is -0.497 e. The molecule has 1 heterocycles. The molecule has 34 heavy (non-hydrogen) atoms. The SMILES string of the molecule is COc1ccc(NC(=N[C@H]2c3cc([N+](=O)[O-])ccc3O[C@](C)(C(OC)OC)[C@@H]2O)NC#N)cc1. The molecule has 0 fully saturated rings. The molecule has 0 unspecified atom stereocenters. The summed E-state index contributed by atoms with van der Waals surface area (Å²) in [6, 6.07) is 9.76. The molecule has 1 aliphatic rings. The molecule has 3 N–H and O–H groups in total. The first kappa shape index (κ1) is 24.7. The number of nitriles is 1. The van der Waals surface area contributed by atoms with Gasteiger partial charge in [0.15, 0.2) is 18.1 Å². The van der Waals surface area contributed by atoms with Crippen molar-refractivity contribution in [2.45, 2.75) is 31.0 Å². The van der Waals surface area contributed by atoms with Gasteiger partial charge in [-0.3, -0.25) is 15.4 Å². The molecule has 3 rings (SSSR count). The smallest absolute Gasteiger partial charge is 0.270 e. The Hall–Kier alpha value is -3.92. The molecule has 2 aromatic rings. The maximum absolute atomic E-state index is 11.4. The highest BCUT2D eigenvalue weighted by atomic mass is 16.7. The molecular weight excluding hydrogens is 446 g/mol. The van der Waals surface area contributed by atoms with E-state index >= 15 is 0 Å². The average molecular weight is 471 g/mol. The second kappa shape index (κ2) is 10.3. The van der Waals surface area contributed by atoms with E-state index in [2.05, 4.69) is 15.6 Å². The highest BCUT2D eigenvalue weighted by molar-refractivity contribution is 5.94.